The van der Waals surface area contributed by atoms with Crippen molar-refractivity contribution >= 4 is 22.9 Å². The minimum absolute atomic E-state index is 0.0178. The number of halogens is 3. The van der Waals surface area contributed by atoms with Crippen molar-refractivity contribution in [2.45, 2.75) is 32.5 Å². The van der Waals surface area contributed by atoms with Gasteiger partial charge in [0.05, 0.1) is 16.8 Å². The van der Waals surface area contributed by atoms with Crippen LogP contribution in [0.4, 0.5) is 13.2 Å². The molecule has 9 heteroatoms. The number of hydrogen-bond acceptors (Lipinski definition) is 4. The molecule has 0 saturated heterocycles. The summed E-state index contributed by atoms with van der Waals surface area (Å²) < 4.78 is 41.0. The Hall–Kier alpha value is -2.42. The van der Waals surface area contributed by atoms with E-state index in [0.29, 0.717) is 15.8 Å². The predicted octanol–water partition coefficient (Wildman–Crippen LogP) is 4.00. The zero-order valence-electron chi connectivity index (χ0n) is 13.5. The van der Waals surface area contributed by atoms with Crippen LogP contribution in [0, 0.1) is 0 Å². The maximum absolute atomic E-state index is 13.4. The standard InChI is InChI=1S/C16H15F3N4OS/c1-3-9(2)21-15(24)10-8-20-23-13(16(17,18)19)7-11(22-14(10)23)12-5-4-6-25-12/h4-9H,3H2,1-2H3,(H,21,24)/t9-/m1/s1. The van der Waals surface area contributed by atoms with Crippen LogP contribution in [0.25, 0.3) is 16.2 Å². The Kier molecular flexibility index (Phi) is 4.51. The van der Waals surface area contributed by atoms with Crippen molar-refractivity contribution in [3.05, 3.63) is 41.0 Å². The molecule has 3 aromatic heterocycles. The summed E-state index contributed by atoms with van der Waals surface area (Å²) in [5.41, 5.74) is -0.903. The Morgan fingerprint density at radius 3 is 2.80 bits per heavy atom. The lowest BCUT2D eigenvalue weighted by molar-refractivity contribution is -0.142. The minimum Gasteiger partial charge on any atom is -0.349 e. The largest absolute Gasteiger partial charge is 0.433 e. The molecule has 25 heavy (non-hydrogen) atoms. The fraction of sp³-hybridized carbons (Fsp3) is 0.312. The van der Waals surface area contributed by atoms with Crippen molar-refractivity contribution in [1.82, 2.24) is 19.9 Å². The SMILES string of the molecule is CC[C@@H](C)NC(=O)c1cnn2c(C(F)(F)F)cc(-c3cccs3)nc12. The van der Waals surface area contributed by atoms with Crippen LogP contribution in [0.2, 0.25) is 0 Å². The summed E-state index contributed by atoms with van der Waals surface area (Å²) in [4.78, 5) is 17.2. The van der Waals surface area contributed by atoms with Gasteiger partial charge in [-0.25, -0.2) is 9.50 Å². The number of carbonyl (C=O) groups is 1. The summed E-state index contributed by atoms with van der Waals surface area (Å²) in [5.74, 6) is -0.492. The lowest BCUT2D eigenvalue weighted by Crippen LogP contribution is -2.32. The van der Waals surface area contributed by atoms with Crippen molar-refractivity contribution < 1.29 is 18.0 Å². The highest BCUT2D eigenvalue weighted by molar-refractivity contribution is 7.13. The molecule has 0 spiro atoms. The average molecular weight is 368 g/mol. The summed E-state index contributed by atoms with van der Waals surface area (Å²) in [6.45, 7) is 3.71. The first-order valence-electron chi connectivity index (χ1n) is 7.62. The molecule has 3 rings (SSSR count). The van der Waals surface area contributed by atoms with Crippen molar-refractivity contribution in [2.24, 2.45) is 0 Å². The second-order valence-electron chi connectivity index (χ2n) is 5.58. The highest BCUT2D eigenvalue weighted by Gasteiger charge is 2.36. The molecule has 0 saturated carbocycles. The van der Waals surface area contributed by atoms with Crippen LogP contribution in [0.1, 0.15) is 36.3 Å². The molecule has 132 valence electrons. The minimum atomic E-state index is -4.62. The maximum Gasteiger partial charge on any atom is 0.433 e. The first kappa shape index (κ1) is 17.4. The Bertz CT molecular complexity index is 902. The Labute approximate surface area is 145 Å². The zero-order valence-corrected chi connectivity index (χ0v) is 14.3. The molecule has 0 bridgehead atoms. The lowest BCUT2D eigenvalue weighted by atomic mass is 10.2. The van der Waals surface area contributed by atoms with E-state index in [1.165, 1.54) is 11.3 Å². The Balaban J connectivity index is 2.18. The number of carbonyl (C=O) groups excluding carboxylic acids is 1. The van der Waals surface area contributed by atoms with Crippen molar-refractivity contribution in [3.63, 3.8) is 0 Å². The fourth-order valence-electron chi connectivity index (χ4n) is 2.28. The van der Waals surface area contributed by atoms with Crippen molar-refractivity contribution in [1.29, 1.82) is 0 Å². The number of alkyl halides is 3. The molecule has 0 unspecified atom stereocenters. The molecule has 1 atom stereocenters. The van der Waals surface area contributed by atoms with Gasteiger partial charge in [-0.3, -0.25) is 4.79 Å². The smallest absolute Gasteiger partial charge is 0.349 e. The summed E-state index contributed by atoms with van der Waals surface area (Å²) in [5, 5.41) is 8.22. The van der Waals surface area contributed by atoms with Crippen LogP contribution in [0.3, 0.4) is 0 Å². The topological polar surface area (TPSA) is 59.3 Å². The fourth-order valence-corrected chi connectivity index (χ4v) is 2.97. The normalized spacial score (nSPS) is 13.2. The molecule has 3 heterocycles. The highest BCUT2D eigenvalue weighted by atomic mass is 32.1. The second kappa shape index (κ2) is 6.47. The van der Waals surface area contributed by atoms with Crippen LogP contribution in [0.15, 0.2) is 29.8 Å². The zero-order chi connectivity index (χ0) is 18.2. The Morgan fingerprint density at radius 1 is 1.44 bits per heavy atom. The van der Waals surface area contributed by atoms with Gasteiger partial charge in [-0.15, -0.1) is 11.3 Å². The summed E-state index contributed by atoms with van der Waals surface area (Å²) in [6, 6.07) is 4.25. The molecule has 0 aromatic carbocycles. The third kappa shape index (κ3) is 3.37. The number of nitrogens with zero attached hydrogens (tertiary/aromatic N) is 3. The monoisotopic (exact) mass is 368 g/mol. The molecule has 5 nitrogen and oxygen atoms in total. The van der Waals surface area contributed by atoms with E-state index in [9.17, 15) is 18.0 Å². The van der Waals surface area contributed by atoms with Gasteiger partial charge >= 0.3 is 6.18 Å². The van der Waals surface area contributed by atoms with E-state index in [0.717, 1.165) is 12.3 Å². The quantitative estimate of drug-likeness (QED) is 0.757. The van der Waals surface area contributed by atoms with Gasteiger partial charge in [0.2, 0.25) is 0 Å². The summed E-state index contributed by atoms with van der Waals surface area (Å²) in [7, 11) is 0. The first-order valence-corrected chi connectivity index (χ1v) is 8.50. The number of hydrogen-bond donors (Lipinski definition) is 1. The van der Waals surface area contributed by atoms with E-state index in [1.807, 2.05) is 13.8 Å². The van der Waals surface area contributed by atoms with Gasteiger partial charge in [0, 0.05) is 6.04 Å². The highest BCUT2D eigenvalue weighted by Crippen LogP contribution is 2.33. The summed E-state index contributed by atoms with van der Waals surface area (Å²) >= 11 is 1.27. The van der Waals surface area contributed by atoms with Crippen molar-refractivity contribution in [3.8, 4) is 10.6 Å². The third-order valence-corrected chi connectivity index (χ3v) is 4.66. The maximum atomic E-state index is 13.4. The van der Waals surface area contributed by atoms with Crippen LogP contribution in [0.5, 0.6) is 0 Å². The van der Waals surface area contributed by atoms with Crippen LogP contribution >= 0.6 is 11.3 Å². The first-order chi connectivity index (χ1) is 11.8. The molecule has 0 fully saturated rings. The number of nitrogens with one attached hydrogen (secondary N) is 1. The van der Waals surface area contributed by atoms with E-state index in [-0.39, 0.29) is 22.9 Å². The van der Waals surface area contributed by atoms with Crippen LogP contribution in [-0.4, -0.2) is 26.5 Å². The van der Waals surface area contributed by atoms with Gasteiger partial charge in [-0.05, 0) is 30.9 Å². The number of amides is 1. The third-order valence-electron chi connectivity index (χ3n) is 3.77. The van der Waals surface area contributed by atoms with E-state index in [2.05, 4.69) is 15.4 Å². The van der Waals surface area contributed by atoms with E-state index in [4.69, 9.17) is 0 Å². The molecular weight excluding hydrogens is 353 g/mol. The molecule has 0 radical (unpaired) electrons. The van der Waals surface area contributed by atoms with Gasteiger partial charge in [0.15, 0.2) is 11.3 Å². The van der Waals surface area contributed by atoms with E-state index >= 15 is 0 Å². The number of fused-ring (bicyclic) bond motifs is 1. The van der Waals surface area contributed by atoms with Crippen LogP contribution in [-0.2, 0) is 6.18 Å². The number of aromatic nitrogens is 3. The van der Waals surface area contributed by atoms with Gasteiger partial charge in [-0.1, -0.05) is 13.0 Å². The van der Waals surface area contributed by atoms with Gasteiger partial charge in [0.25, 0.3) is 5.91 Å². The Morgan fingerprint density at radius 2 is 2.20 bits per heavy atom. The number of thiophene rings is 1. The van der Waals surface area contributed by atoms with Gasteiger partial charge in [-0.2, -0.15) is 18.3 Å². The molecule has 3 aromatic rings. The van der Waals surface area contributed by atoms with Gasteiger partial charge < -0.3 is 5.32 Å². The molecule has 1 N–H and O–H groups in total. The molecule has 0 aliphatic carbocycles. The molecular formula is C16H15F3N4OS. The van der Waals surface area contributed by atoms with E-state index < -0.39 is 17.8 Å². The van der Waals surface area contributed by atoms with E-state index in [1.54, 1.807) is 17.5 Å². The molecule has 1 amide bonds. The predicted molar refractivity (Wildman–Crippen MR) is 88.5 cm³/mol. The number of rotatable bonds is 4. The average Bonchev–Trinajstić information content (AvgIpc) is 3.22. The van der Waals surface area contributed by atoms with Crippen LogP contribution < -0.4 is 5.32 Å². The van der Waals surface area contributed by atoms with Crippen molar-refractivity contribution in [2.75, 3.05) is 0 Å². The summed E-state index contributed by atoms with van der Waals surface area (Å²) in [6.07, 6.45) is -2.80. The molecule has 0 aliphatic rings. The lowest BCUT2D eigenvalue weighted by Gasteiger charge is -2.12. The second-order valence-corrected chi connectivity index (χ2v) is 6.53. The molecule has 0 aliphatic heterocycles. The van der Waals surface area contributed by atoms with Gasteiger partial charge in [0.1, 0.15) is 5.56 Å².